The molecular formula is C23H23N3O4S2. The lowest BCUT2D eigenvalue weighted by Gasteiger charge is -2.12. The van der Waals surface area contributed by atoms with Crippen LogP contribution in [0.4, 0.5) is 11.4 Å². The summed E-state index contributed by atoms with van der Waals surface area (Å²) < 4.78 is 33.2. The lowest BCUT2D eigenvalue weighted by atomic mass is 10.1. The highest BCUT2D eigenvalue weighted by molar-refractivity contribution is 7.92. The summed E-state index contributed by atoms with van der Waals surface area (Å²) in [6.45, 7) is 4.25. The van der Waals surface area contributed by atoms with Gasteiger partial charge in [0.25, 0.3) is 15.9 Å². The fourth-order valence-corrected chi connectivity index (χ4v) is 4.15. The summed E-state index contributed by atoms with van der Waals surface area (Å²) in [4.78, 5) is 12.4. The van der Waals surface area contributed by atoms with Crippen LogP contribution in [0.1, 0.15) is 22.8 Å². The van der Waals surface area contributed by atoms with E-state index >= 15 is 0 Å². The first-order valence-corrected chi connectivity index (χ1v) is 11.7. The Morgan fingerprint density at radius 1 is 0.938 bits per heavy atom. The van der Waals surface area contributed by atoms with Gasteiger partial charge in [0, 0.05) is 16.9 Å². The molecule has 0 saturated heterocycles. The van der Waals surface area contributed by atoms with E-state index in [-0.39, 0.29) is 15.9 Å². The third-order valence-electron chi connectivity index (χ3n) is 4.46. The summed E-state index contributed by atoms with van der Waals surface area (Å²) in [5.41, 5.74) is 2.33. The largest absolute Gasteiger partial charge is 0.494 e. The number of thiocarbonyl (C=S) groups is 1. The van der Waals surface area contributed by atoms with Gasteiger partial charge in [-0.3, -0.25) is 14.8 Å². The van der Waals surface area contributed by atoms with Crippen LogP contribution in [0.15, 0.2) is 77.7 Å². The molecule has 1 amide bonds. The van der Waals surface area contributed by atoms with E-state index in [1.807, 2.05) is 26.0 Å². The SMILES string of the molecule is CCOc1ccc(NS(=O)(=O)c2ccc(NC(=S)NC(=O)c3ccccc3C)cc2)cc1. The molecule has 3 rings (SSSR count). The minimum absolute atomic E-state index is 0.0896. The molecule has 0 spiro atoms. The molecule has 9 heteroatoms. The fourth-order valence-electron chi connectivity index (χ4n) is 2.88. The van der Waals surface area contributed by atoms with E-state index in [0.29, 0.717) is 29.3 Å². The molecule has 0 atom stereocenters. The monoisotopic (exact) mass is 469 g/mol. The van der Waals surface area contributed by atoms with Crippen molar-refractivity contribution < 1.29 is 17.9 Å². The van der Waals surface area contributed by atoms with Crippen molar-refractivity contribution >= 4 is 44.6 Å². The van der Waals surface area contributed by atoms with Crippen molar-refractivity contribution in [3.8, 4) is 5.75 Å². The second kappa shape index (κ2) is 10.3. The molecule has 0 aliphatic heterocycles. The van der Waals surface area contributed by atoms with Crippen LogP contribution >= 0.6 is 12.2 Å². The number of amides is 1. The lowest BCUT2D eigenvalue weighted by Crippen LogP contribution is -2.34. The van der Waals surface area contributed by atoms with Crippen LogP contribution in [0.2, 0.25) is 0 Å². The van der Waals surface area contributed by atoms with Gasteiger partial charge in [-0.05, 0) is 86.2 Å². The summed E-state index contributed by atoms with van der Waals surface area (Å²) >= 11 is 5.19. The van der Waals surface area contributed by atoms with E-state index in [4.69, 9.17) is 17.0 Å². The summed E-state index contributed by atoms with van der Waals surface area (Å²) in [6.07, 6.45) is 0. The van der Waals surface area contributed by atoms with Crippen molar-refractivity contribution in [3.05, 3.63) is 83.9 Å². The number of nitrogens with one attached hydrogen (secondary N) is 3. The molecule has 7 nitrogen and oxygen atoms in total. The second-order valence-corrected chi connectivity index (χ2v) is 8.90. The molecular weight excluding hydrogens is 446 g/mol. The maximum atomic E-state index is 12.6. The lowest BCUT2D eigenvalue weighted by molar-refractivity contribution is 0.0977. The molecule has 3 aromatic rings. The third kappa shape index (κ3) is 6.05. The Hall–Kier alpha value is -3.43. The second-order valence-electron chi connectivity index (χ2n) is 6.81. The number of anilines is 2. The van der Waals surface area contributed by atoms with Gasteiger partial charge < -0.3 is 10.1 Å². The predicted molar refractivity (Wildman–Crippen MR) is 130 cm³/mol. The minimum atomic E-state index is -3.76. The van der Waals surface area contributed by atoms with Gasteiger partial charge in [0.1, 0.15) is 5.75 Å². The predicted octanol–water partition coefficient (Wildman–Crippen LogP) is 4.32. The molecule has 3 aromatic carbocycles. The van der Waals surface area contributed by atoms with Gasteiger partial charge in [-0.15, -0.1) is 0 Å². The van der Waals surface area contributed by atoms with Gasteiger partial charge in [-0.25, -0.2) is 8.42 Å². The molecule has 0 saturated carbocycles. The Morgan fingerprint density at radius 3 is 2.19 bits per heavy atom. The number of rotatable bonds is 7. The molecule has 0 unspecified atom stereocenters. The van der Waals surface area contributed by atoms with Crippen LogP contribution in [0.3, 0.4) is 0 Å². The number of hydrogen-bond acceptors (Lipinski definition) is 5. The van der Waals surface area contributed by atoms with Gasteiger partial charge in [0.05, 0.1) is 11.5 Å². The van der Waals surface area contributed by atoms with Crippen molar-refractivity contribution in [2.75, 3.05) is 16.6 Å². The number of aryl methyl sites for hydroxylation is 1. The zero-order chi connectivity index (χ0) is 23.1. The van der Waals surface area contributed by atoms with E-state index in [0.717, 1.165) is 5.56 Å². The normalized spacial score (nSPS) is 10.8. The zero-order valence-corrected chi connectivity index (χ0v) is 19.2. The summed E-state index contributed by atoms with van der Waals surface area (Å²) in [7, 11) is -3.76. The van der Waals surface area contributed by atoms with Gasteiger partial charge in [-0.2, -0.15) is 0 Å². The van der Waals surface area contributed by atoms with Crippen molar-refractivity contribution in [3.63, 3.8) is 0 Å². The first-order chi connectivity index (χ1) is 15.3. The Bertz CT molecular complexity index is 1210. The highest BCUT2D eigenvalue weighted by atomic mass is 32.2. The highest BCUT2D eigenvalue weighted by Gasteiger charge is 2.15. The van der Waals surface area contributed by atoms with Crippen LogP contribution in [0, 0.1) is 6.92 Å². The van der Waals surface area contributed by atoms with Crippen LogP contribution < -0.4 is 20.1 Å². The van der Waals surface area contributed by atoms with Crippen LogP contribution in [0.25, 0.3) is 0 Å². The number of ether oxygens (including phenoxy) is 1. The van der Waals surface area contributed by atoms with E-state index < -0.39 is 10.0 Å². The first-order valence-electron chi connectivity index (χ1n) is 9.82. The Kier molecular flexibility index (Phi) is 7.45. The first kappa shape index (κ1) is 23.2. The standard InChI is InChI=1S/C23H23N3O4S2/c1-3-30-19-12-8-18(9-13-19)26-32(28,29)20-14-10-17(11-15-20)24-23(31)25-22(27)21-7-5-4-6-16(21)2/h4-15,26H,3H2,1-2H3,(H2,24,25,27,31). The van der Waals surface area contributed by atoms with Crippen molar-refractivity contribution in [2.24, 2.45) is 0 Å². The molecule has 3 N–H and O–H groups in total. The average Bonchev–Trinajstić information content (AvgIpc) is 2.75. The van der Waals surface area contributed by atoms with Crippen LogP contribution in [-0.2, 0) is 10.0 Å². The zero-order valence-electron chi connectivity index (χ0n) is 17.6. The maximum Gasteiger partial charge on any atom is 0.261 e. The van der Waals surface area contributed by atoms with Crippen LogP contribution in [-0.4, -0.2) is 26.0 Å². The van der Waals surface area contributed by atoms with Crippen molar-refractivity contribution in [1.29, 1.82) is 0 Å². The maximum absolute atomic E-state index is 12.6. The average molecular weight is 470 g/mol. The highest BCUT2D eigenvalue weighted by Crippen LogP contribution is 2.21. The summed E-state index contributed by atoms with van der Waals surface area (Å²) in [5.74, 6) is 0.343. The van der Waals surface area contributed by atoms with Crippen molar-refractivity contribution in [1.82, 2.24) is 5.32 Å². The van der Waals surface area contributed by atoms with Gasteiger partial charge >= 0.3 is 0 Å². The Balaban J connectivity index is 1.61. The van der Waals surface area contributed by atoms with Gasteiger partial charge in [0.15, 0.2) is 5.11 Å². The van der Waals surface area contributed by atoms with Crippen LogP contribution in [0.5, 0.6) is 5.75 Å². The van der Waals surface area contributed by atoms with E-state index in [2.05, 4.69) is 15.4 Å². The third-order valence-corrected chi connectivity index (χ3v) is 6.06. The molecule has 0 radical (unpaired) electrons. The summed E-state index contributed by atoms with van der Waals surface area (Å²) in [5, 5.41) is 5.61. The van der Waals surface area contributed by atoms with E-state index in [9.17, 15) is 13.2 Å². The number of benzene rings is 3. The molecule has 0 heterocycles. The molecule has 0 fully saturated rings. The molecule has 0 aliphatic carbocycles. The Morgan fingerprint density at radius 2 is 1.56 bits per heavy atom. The van der Waals surface area contributed by atoms with Gasteiger partial charge in [0.2, 0.25) is 0 Å². The quantitative estimate of drug-likeness (QED) is 0.446. The number of hydrogen-bond donors (Lipinski definition) is 3. The topological polar surface area (TPSA) is 96.5 Å². The van der Waals surface area contributed by atoms with E-state index in [1.165, 1.54) is 12.1 Å². The molecule has 0 aliphatic rings. The van der Waals surface area contributed by atoms with E-state index in [1.54, 1.807) is 48.5 Å². The van der Waals surface area contributed by atoms with Crippen molar-refractivity contribution in [2.45, 2.75) is 18.7 Å². The Labute approximate surface area is 192 Å². The fraction of sp³-hybridized carbons (Fsp3) is 0.130. The summed E-state index contributed by atoms with van der Waals surface area (Å²) in [6, 6.07) is 19.9. The van der Waals surface area contributed by atoms with Gasteiger partial charge in [-0.1, -0.05) is 18.2 Å². The smallest absolute Gasteiger partial charge is 0.261 e. The molecule has 166 valence electrons. The molecule has 32 heavy (non-hydrogen) atoms. The molecule has 0 bridgehead atoms. The number of carbonyl (C=O) groups excluding carboxylic acids is 1. The minimum Gasteiger partial charge on any atom is -0.494 e. The number of sulfonamides is 1. The molecule has 0 aromatic heterocycles. The number of carbonyl (C=O) groups is 1.